The van der Waals surface area contributed by atoms with Crippen LogP contribution in [0.15, 0.2) is 0 Å². The molecule has 0 aromatic heterocycles. The molecule has 4 nitrogen and oxygen atoms in total. The molecule has 19 heavy (non-hydrogen) atoms. The summed E-state index contributed by atoms with van der Waals surface area (Å²) in [6, 6.07) is 0. The molecule has 0 aromatic carbocycles. The molecule has 1 saturated heterocycles. The highest BCUT2D eigenvalue weighted by Crippen LogP contribution is 2.33. The van der Waals surface area contributed by atoms with Gasteiger partial charge in [-0.3, -0.25) is 4.79 Å². The molecule has 1 amide bonds. The van der Waals surface area contributed by atoms with Gasteiger partial charge in [-0.05, 0) is 58.8 Å². The van der Waals surface area contributed by atoms with E-state index in [2.05, 4.69) is 29.6 Å². The Morgan fingerprint density at radius 2 is 1.89 bits per heavy atom. The van der Waals surface area contributed by atoms with Crippen molar-refractivity contribution in [2.24, 2.45) is 5.92 Å². The first kappa shape index (κ1) is 14.8. The maximum absolute atomic E-state index is 12.1. The molecular weight excluding hydrogens is 238 g/mol. The molecule has 0 radical (unpaired) electrons. The summed E-state index contributed by atoms with van der Waals surface area (Å²) in [6.07, 6.45) is 8.02. The second-order valence-electron chi connectivity index (χ2n) is 6.50. The normalized spacial score (nSPS) is 23.7. The lowest BCUT2D eigenvalue weighted by Crippen LogP contribution is -2.51. The number of nitrogens with zero attached hydrogens (tertiary/aromatic N) is 1. The quantitative estimate of drug-likeness (QED) is 0.791. The number of rotatable bonds is 5. The van der Waals surface area contributed by atoms with Gasteiger partial charge in [-0.15, -0.1) is 0 Å². The molecule has 1 heterocycles. The summed E-state index contributed by atoms with van der Waals surface area (Å²) < 4.78 is 0. The molecule has 1 saturated carbocycles. The third-order valence-electron chi connectivity index (χ3n) is 5.03. The zero-order chi connectivity index (χ0) is 13.7. The van der Waals surface area contributed by atoms with Crippen molar-refractivity contribution in [3.8, 4) is 0 Å². The topological polar surface area (TPSA) is 44.4 Å². The van der Waals surface area contributed by atoms with Gasteiger partial charge in [0.05, 0.1) is 0 Å². The summed E-state index contributed by atoms with van der Waals surface area (Å²) in [7, 11) is 4.29. The lowest BCUT2D eigenvalue weighted by Gasteiger charge is -2.36. The molecule has 0 unspecified atom stereocenters. The first-order valence-corrected chi connectivity index (χ1v) is 7.77. The lowest BCUT2D eigenvalue weighted by molar-refractivity contribution is -0.122. The third kappa shape index (κ3) is 3.93. The van der Waals surface area contributed by atoms with Crippen LogP contribution in [0.25, 0.3) is 0 Å². The Balaban J connectivity index is 1.75. The molecule has 2 fully saturated rings. The molecule has 1 aliphatic carbocycles. The van der Waals surface area contributed by atoms with E-state index >= 15 is 0 Å². The number of hydrogen-bond donors (Lipinski definition) is 2. The van der Waals surface area contributed by atoms with Crippen molar-refractivity contribution in [1.82, 2.24) is 15.5 Å². The van der Waals surface area contributed by atoms with Crippen LogP contribution in [-0.4, -0.2) is 50.1 Å². The van der Waals surface area contributed by atoms with Crippen molar-refractivity contribution in [3.05, 3.63) is 0 Å². The molecule has 0 aromatic rings. The molecule has 0 bridgehead atoms. The van der Waals surface area contributed by atoms with Crippen LogP contribution in [0.3, 0.4) is 0 Å². The summed E-state index contributed by atoms with van der Waals surface area (Å²) in [4.78, 5) is 14.4. The van der Waals surface area contributed by atoms with Crippen LogP contribution in [0.4, 0.5) is 0 Å². The van der Waals surface area contributed by atoms with E-state index in [4.69, 9.17) is 0 Å². The van der Waals surface area contributed by atoms with Gasteiger partial charge in [-0.2, -0.15) is 0 Å². The smallest absolute Gasteiger partial charge is 0.220 e. The van der Waals surface area contributed by atoms with Crippen LogP contribution >= 0.6 is 0 Å². The minimum absolute atomic E-state index is 0.212. The highest BCUT2D eigenvalue weighted by molar-refractivity contribution is 5.76. The van der Waals surface area contributed by atoms with Crippen molar-refractivity contribution in [2.75, 3.05) is 33.7 Å². The van der Waals surface area contributed by atoms with E-state index in [0.29, 0.717) is 12.3 Å². The Kier molecular flexibility index (Phi) is 5.22. The second-order valence-corrected chi connectivity index (χ2v) is 6.50. The van der Waals surface area contributed by atoms with Gasteiger partial charge in [-0.1, -0.05) is 12.8 Å². The molecule has 1 aliphatic heterocycles. The van der Waals surface area contributed by atoms with Crippen LogP contribution in [-0.2, 0) is 4.79 Å². The number of carbonyl (C=O) groups is 1. The minimum Gasteiger partial charge on any atom is -0.354 e. The van der Waals surface area contributed by atoms with Gasteiger partial charge < -0.3 is 15.5 Å². The molecule has 0 spiro atoms. The number of likely N-dealkylation sites (N-methyl/N-ethyl adjacent to an activating group) is 1. The average molecular weight is 267 g/mol. The van der Waals surface area contributed by atoms with Crippen molar-refractivity contribution in [1.29, 1.82) is 0 Å². The Hall–Kier alpha value is -0.610. The van der Waals surface area contributed by atoms with E-state index in [0.717, 1.165) is 32.5 Å². The molecule has 110 valence electrons. The van der Waals surface area contributed by atoms with Crippen LogP contribution in [0.5, 0.6) is 0 Å². The summed E-state index contributed by atoms with van der Waals surface area (Å²) in [6.45, 7) is 2.96. The number of carbonyl (C=O) groups excluding carboxylic acids is 1. The van der Waals surface area contributed by atoms with E-state index in [1.165, 1.54) is 25.7 Å². The molecule has 2 N–H and O–H groups in total. The second kappa shape index (κ2) is 6.71. The maximum Gasteiger partial charge on any atom is 0.220 e. The molecule has 4 heteroatoms. The van der Waals surface area contributed by atoms with E-state index in [1.54, 1.807) is 0 Å². The number of piperidine rings is 1. The van der Waals surface area contributed by atoms with E-state index in [1.807, 2.05) is 0 Å². The van der Waals surface area contributed by atoms with Crippen LogP contribution in [0, 0.1) is 5.92 Å². The third-order valence-corrected chi connectivity index (χ3v) is 5.03. The summed E-state index contributed by atoms with van der Waals surface area (Å²) in [5.74, 6) is 0.833. The van der Waals surface area contributed by atoms with Gasteiger partial charge in [0.15, 0.2) is 0 Å². The van der Waals surface area contributed by atoms with Crippen molar-refractivity contribution < 1.29 is 4.79 Å². The fourth-order valence-electron chi connectivity index (χ4n) is 3.50. The van der Waals surface area contributed by atoms with Gasteiger partial charge in [0.1, 0.15) is 0 Å². The maximum atomic E-state index is 12.1. The summed E-state index contributed by atoms with van der Waals surface area (Å²) in [5.41, 5.74) is 0.212. The molecule has 2 aliphatic rings. The van der Waals surface area contributed by atoms with Crippen molar-refractivity contribution in [3.63, 3.8) is 0 Å². The standard InChI is InChI=1S/C15H29N3O/c1-18(2)15(7-3-4-8-15)12-17-14(19)11-13-5-9-16-10-6-13/h13,16H,3-12H2,1-2H3,(H,17,19). The first-order chi connectivity index (χ1) is 9.12. The van der Waals surface area contributed by atoms with E-state index in [-0.39, 0.29) is 11.4 Å². The van der Waals surface area contributed by atoms with Crippen molar-refractivity contribution in [2.45, 2.75) is 50.5 Å². The van der Waals surface area contributed by atoms with Gasteiger partial charge in [0.2, 0.25) is 5.91 Å². The summed E-state index contributed by atoms with van der Waals surface area (Å²) in [5, 5.41) is 6.54. The van der Waals surface area contributed by atoms with Gasteiger partial charge in [-0.25, -0.2) is 0 Å². The van der Waals surface area contributed by atoms with Crippen LogP contribution in [0.2, 0.25) is 0 Å². The van der Waals surface area contributed by atoms with Gasteiger partial charge in [0, 0.05) is 18.5 Å². The molecular formula is C15H29N3O. The molecule has 0 atom stereocenters. The van der Waals surface area contributed by atoms with Crippen LogP contribution in [0.1, 0.15) is 44.9 Å². The lowest BCUT2D eigenvalue weighted by atomic mass is 9.93. The van der Waals surface area contributed by atoms with E-state index in [9.17, 15) is 4.79 Å². The zero-order valence-electron chi connectivity index (χ0n) is 12.5. The van der Waals surface area contributed by atoms with E-state index < -0.39 is 0 Å². The largest absolute Gasteiger partial charge is 0.354 e. The highest BCUT2D eigenvalue weighted by Gasteiger charge is 2.36. The number of nitrogens with one attached hydrogen (secondary N) is 2. The Morgan fingerprint density at radius 3 is 2.47 bits per heavy atom. The minimum atomic E-state index is 0.212. The van der Waals surface area contributed by atoms with Gasteiger partial charge >= 0.3 is 0 Å². The Bertz CT molecular complexity index is 292. The van der Waals surface area contributed by atoms with Gasteiger partial charge in [0.25, 0.3) is 0 Å². The fourth-order valence-corrected chi connectivity index (χ4v) is 3.50. The first-order valence-electron chi connectivity index (χ1n) is 7.77. The monoisotopic (exact) mass is 267 g/mol. The van der Waals surface area contributed by atoms with Crippen molar-refractivity contribution >= 4 is 5.91 Å². The highest BCUT2D eigenvalue weighted by atomic mass is 16.1. The summed E-state index contributed by atoms with van der Waals surface area (Å²) >= 11 is 0. The molecule has 2 rings (SSSR count). The predicted octanol–water partition coefficient (Wildman–Crippen LogP) is 1.37. The Labute approximate surface area is 117 Å². The van der Waals surface area contributed by atoms with Crippen LogP contribution < -0.4 is 10.6 Å². The average Bonchev–Trinajstić information content (AvgIpc) is 2.88. The number of amides is 1. The SMILES string of the molecule is CN(C)C1(CNC(=O)CC2CCNCC2)CCCC1. The number of hydrogen-bond acceptors (Lipinski definition) is 3. The zero-order valence-corrected chi connectivity index (χ0v) is 12.5. The predicted molar refractivity (Wildman–Crippen MR) is 78.1 cm³/mol. The fraction of sp³-hybridized carbons (Fsp3) is 0.933. The Morgan fingerprint density at radius 1 is 1.26 bits per heavy atom.